The van der Waals surface area contributed by atoms with Crippen molar-refractivity contribution in [2.45, 2.75) is 39.5 Å². The maximum atomic E-state index is 9.34. The second kappa shape index (κ2) is 7.01. The summed E-state index contributed by atoms with van der Waals surface area (Å²) in [5, 5.41) is 13.8. The topological polar surface area (TPSA) is 52.0 Å². The maximum Gasteiger partial charge on any atom is 0.164 e. The fraction of sp³-hybridized carbons (Fsp3) is 0.444. The van der Waals surface area contributed by atoms with Crippen LogP contribution in [0.15, 0.2) is 18.3 Å². The zero-order valence-electron chi connectivity index (χ0n) is 13.7. The van der Waals surface area contributed by atoms with Crippen LogP contribution in [0.25, 0.3) is 0 Å². The first-order valence-electron chi connectivity index (χ1n) is 8.22. The summed E-state index contributed by atoms with van der Waals surface area (Å²) in [6.07, 6.45) is 6.63. The predicted molar refractivity (Wildman–Crippen MR) is 96.7 cm³/mol. The zero-order valence-corrected chi connectivity index (χ0v) is 14.5. The molecule has 1 fully saturated rings. The quantitative estimate of drug-likeness (QED) is 0.890. The Morgan fingerprint density at radius 2 is 2.09 bits per heavy atom. The number of pyridine rings is 1. The number of hydrogen-bond acceptors (Lipinski definition) is 5. The Morgan fingerprint density at radius 3 is 2.74 bits per heavy atom. The van der Waals surface area contributed by atoms with E-state index < -0.39 is 0 Å². The van der Waals surface area contributed by atoms with E-state index in [9.17, 15) is 5.26 Å². The Balaban J connectivity index is 1.88. The summed E-state index contributed by atoms with van der Waals surface area (Å²) in [6.45, 7) is 6.45. The molecule has 0 radical (unpaired) electrons. The fourth-order valence-corrected chi connectivity index (χ4v) is 4.05. The summed E-state index contributed by atoms with van der Waals surface area (Å²) < 4.78 is 0. The minimum Gasteiger partial charge on any atom is -0.370 e. The third-order valence-corrected chi connectivity index (χ3v) is 5.60. The molecule has 23 heavy (non-hydrogen) atoms. The zero-order chi connectivity index (χ0) is 16.2. The van der Waals surface area contributed by atoms with Crippen molar-refractivity contribution in [2.24, 2.45) is 0 Å². The number of anilines is 3. The van der Waals surface area contributed by atoms with Gasteiger partial charge in [-0.1, -0.05) is 6.92 Å². The lowest BCUT2D eigenvalue weighted by molar-refractivity contribution is 0.577. The second-order valence-electron chi connectivity index (χ2n) is 5.94. The Labute approximate surface area is 141 Å². The summed E-state index contributed by atoms with van der Waals surface area (Å²) in [7, 11) is 0. The van der Waals surface area contributed by atoms with Crippen molar-refractivity contribution < 1.29 is 0 Å². The first-order valence-corrected chi connectivity index (χ1v) is 9.04. The summed E-state index contributed by atoms with van der Waals surface area (Å²) >= 11 is 1.75. The van der Waals surface area contributed by atoms with Gasteiger partial charge in [0.15, 0.2) is 5.69 Å². The molecule has 0 unspecified atom stereocenters. The highest BCUT2D eigenvalue weighted by Crippen LogP contribution is 2.32. The first-order chi connectivity index (χ1) is 11.2. The summed E-state index contributed by atoms with van der Waals surface area (Å²) in [5.74, 6) is 0. The van der Waals surface area contributed by atoms with E-state index >= 15 is 0 Å². The summed E-state index contributed by atoms with van der Waals surface area (Å²) in [4.78, 5) is 8.10. The van der Waals surface area contributed by atoms with Gasteiger partial charge in [0.25, 0.3) is 0 Å². The molecule has 0 amide bonds. The molecule has 2 aromatic heterocycles. The second-order valence-corrected chi connectivity index (χ2v) is 7.08. The van der Waals surface area contributed by atoms with Crippen LogP contribution in [0.1, 0.15) is 42.3 Å². The van der Waals surface area contributed by atoms with Gasteiger partial charge in [-0.15, -0.1) is 11.3 Å². The highest BCUT2D eigenvalue weighted by molar-refractivity contribution is 7.16. The van der Waals surface area contributed by atoms with Gasteiger partial charge in [-0.05, 0) is 50.3 Å². The van der Waals surface area contributed by atoms with Crippen LogP contribution < -0.4 is 10.2 Å². The minimum atomic E-state index is 0.454. The van der Waals surface area contributed by atoms with Gasteiger partial charge in [-0.25, -0.2) is 4.98 Å². The molecule has 0 aliphatic carbocycles. The minimum absolute atomic E-state index is 0.454. The van der Waals surface area contributed by atoms with Crippen molar-refractivity contribution in [3.05, 3.63) is 34.5 Å². The van der Waals surface area contributed by atoms with Gasteiger partial charge < -0.3 is 10.2 Å². The number of nitriles is 1. The molecule has 5 heteroatoms. The molecule has 120 valence electrons. The third kappa shape index (κ3) is 3.48. The number of aryl methyl sites for hydroxylation is 2. The van der Waals surface area contributed by atoms with Crippen LogP contribution in [0.3, 0.4) is 0 Å². The van der Waals surface area contributed by atoms with Crippen LogP contribution in [-0.4, -0.2) is 18.1 Å². The lowest BCUT2D eigenvalue weighted by atomic mass is 10.1. The number of nitrogens with zero attached hydrogens (tertiary/aromatic N) is 3. The Bertz CT molecular complexity index is 723. The predicted octanol–water partition coefficient (Wildman–Crippen LogP) is 4.62. The first kappa shape index (κ1) is 15.8. The van der Waals surface area contributed by atoms with E-state index in [-0.39, 0.29) is 0 Å². The highest BCUT2D eigenvalue weighted by atomic mass is 32.1. The molecular weight excluding hydrogens is 304 g/mol. The van der Waals surface area contributed by atoms with E-state index in [0.717, 1.165) is 35.9 Å². The number of nitrogens with one attached hydrogen (secondary N) is 1. The molecule has 4 nitrogen and oxygen atoms in total. The molecule has 1 aliphatic heterocycles. The Kier molecular flexibility index (Phi) is 4.82. The van der Waals surface area contributed by atoms with Crippen LogP contribution >= 0.6 is 11.3 Å². The molecule has 0 atom stereocenters. The molecule has 3 heterocycles. The molecule has 1 saturated heterocycles. The van der Waals surface area contributed by atoms with E-state index in [0.29, 0.717) is 5.69 Å². The van der Waals surface area contributed by atoms with E-state index in [1.807, 2.05) is 6.20 Å². The summed E-state index contributed by atoms with van der Waals surface area (Å²) in [5.41, 5.74) is 3.67. The lowest BCUT2D eigenvalue weighted by Gasteiger charge is -2.28. The van der Waals surface area contributed by atoms with Crippen LogP contribution in [0, 0.1) is 18.3 Å². The largest absolute Gasteiger partial charge is 0.370 e. The van der Waals surface area contributed by atoms with Crippen molar-refractivity contribution >= 4 is 27.7 Å². The number of thiophene rings is 1. The average molecular weight is 326 g/mol. The number of rotatable bonds is 4. The third-order valence-electron chi connectivity index (χ3n) is 4.30. The molecular formula is C18H22N4S. The summed E-state index contributed by atoms with van der Waals surface area (Å²) in [6, 6.07) is 6.41. The van der Waals surface area contributed by atoms with Gasteiger partial charge in [0.2, 0.25) is 0 Å². The molecule has 0 saturated carbocycles. The normalized spacial score (nSPS) is 14.6. The number of hydrogen-bond donors (Lipinski definition) is 1. The number of piperidine rings is 1. The Hall–Kier alpha value is -2.06. The molecule has 0 spiro atoms. The molecule has 0 aromatic carbocycles. The van der Waals surface area contributed by atoms with Gasteiger partial charge in [0.1, 0.15) is 6.07 Å². The molecule has 3 rings (SSSR count). The molecule has 2 aromatic rings. The molecule has 0 bridgehead atoms. The van der Waals surface area contributed by atoms with Crippen LogP contribution in [0.2, 0.25) is 0 Å². The van der Waals surface area contributed by atoms with Crippen molar-refractivity contribution in [2.75, 3.05) is 23.3 Å². The van der Waals surface area contributed by atoms with E-state index in [4.69, 9.17) is 0 Å². The van der Waals surface area contributed by atoms with E-state index in [2.05, 4.69) is 47.3 Å². The monoisotopic (exact) mass is 326 g/mol. The van der Waals surface area contributed by atoms with Crippen molar-refractivity contribution in [3.8, 4) is 6.07 Å². The van der Waals surface area contributed by atoms with Gasteiger partial charge in [0, 0.05) is 18.0 Å². The van der Waals surface area contributed by atoms with Crippen molar-refractivity contribution in [3.63, 3.8) is 0 Å². The SMILES string of the molecule is CCc1sc(Nc2cc(N3CCCCC3)cnc2C#N)cc1C. The van der Waals surface area contributed by atoms with Gasteiger partial charge >= 0.3 is 0 Å². The molecule has 1 aliphatic rings. The van der Waals surface area contributed by atoms with E-state index in [1.54, 1.807) is 11.3 Å². The lowest BCUT2D eigenvalue weighted by Crippen LogP contribution is -2.29. The average Bonchev–Trinajstić information content (AvgIpc) is 2.95. The van der Waals surface area contributed by atoms with Gasteiger partial charge in [-0.3, -0.25) is 0 Å². The standard InChI is InChI=1S/C18H22N4S/c1-3-17-13(2)9-18(23-17)21-15-10-14(12-20-16(15)11-19)22-7-5-4-6-8-22/h9-10,12,21H,3-8H2,1-2H3. The fourth-order valence-electron chi connectivity index (χ4n) is 3.03. The van der Waals surface area contributed by atoms with Crippen LogP contribution in [-0.2, 0) is 6.42 Å². The van der Waals surface area contributed by atoms with Gasteiger partial charge in [0.05, 0.1) is 22.6 Å². The highest BCUT2D eigenvalue weighted by Gasteiger charge is 2.14. The van der Waals surface area contributed by atoms with E-state index in [1.165, 1.54) is 29.7 Å². The van der Waals surface area contributed by atoms with Crippen LogP contribution in [0.4, 0.5) is 16.4 Å². The van der Waals surface area contributed by atoms with Crippen molar-refractivity contribution in [1.82, 2.24) is 4.98 Å². The van der Waals surface area contributed by atoms with Crippen LogP contribution in [0.5, 0.6) is 0 Å². The smallest absolute Gasteiger partial charge is 0.164 e. The van der Waals surface area contributed by atoms with Crippen molar-refractivity contribution in [1.29, 1.82) is 5.26 Å². The van der Waals surface area contributed by atoms with Gasteiger partial charge in [-0.2, -0.15) is 5.26 Å². The maximum absolute atomic E-state index is 9.34. The Morgan fingerprint density at radius 1 is 1.30 bits per heavy atom. The molecule has 1 N–H and O–H groups in total. The number of aromatic nitrogens is 1.